The molecule has 0 aliphatic carbocycles. The lowest BCUT2D eigenvalue weighted by Crippen LogP contribution is -2.13. The Kier molecular flexibility index (Phi) is 8.59. The Morgan fingerprint density at radius 1 is 1.11 bits per heavy atom. The molecule has 0 bridgehead atoms. The topological polar surface area (TPSA) is 107 Å². The molecule has 0 aliphatic rings. The van der Waals surface area contributed by atoms with Crippen LogP contribution >= 0.6 is 27.3 Å². The number of ether oxygens (including phenoxy) is 2. The third-order valence-corrected chi connectivity index (χ3v) is 7.75. The Morgan fingerprint density at radius 3 is 2.54 bits per heavy atom. The largest absolute Gasteiger partial charge is 0.493 e. The van der Waals surface area contributed by atoms with Crippen molar-refractivity contribution in [3.05, 3.63) is 100.0 Å². The summed E-state index contributed by atoms with van der Waals surface area (Å²) in [4.78, 5) is 16.4. The molecule has 0 saturated carbocycles. The van der Waals surface area contributed by atoms with E-state index in [1.54, 1.807) is 24.6 Å². The van der Waals surface area contributed by atoms with Gasteiger partial charge in [0.15, 0.2) is 16.6 Å². The first-order chi connectivity index (χ1) is 17.8. The molecule has 0 saturated heterocycles. The fourth-order valence-corrected chi connectivity index (χ4v) is 5.59. The zero-order valence-electron chi connectivity index (χ0n) is 19.6. The predicted molar refractivity (Wildman–Crippen MR) is 148 cm³/mol. The second kappa shape index (κ2) is 12.0. The Hall–Kier alpha value is -3.67. The number of sulfonamides is 1. The van der Waals surface area contributed by atoms with Gasteiger partial charge in [0.25, 0.3) is 10.0 Å². The molecule has 4 aromatic rings. The minimum atomic E-state index is -3.76. The van der Waals surface area contributed by atoms with Crippen LogP contribution in [0.2, 0.25) is 0 Å². The number of rotatable bonds is 10. The van der Waals surface area contributed by atoms with Crippen LogP contribution in [-0.4, -0.2) is 26.4 Å². The van der Waals surface area contributed by atoms with Crippen molar-refractivity contribution >= 4 is 60.1 Å². The van der Waals surface area contributed by atoms with Crippen molar-refractivity contribution in [3.8, 4) is 11.5 Å². The van der Waals surface area contributed by atoms with Crippen molar-refractivity contribution in [1.29, 1.82) is 0 Å². The second-order valence-corrected chi connectivity index (χ2v) is 11.0. The van der Waals surface area contributed by atoms with Crippen molar-refractivity contribution in [1.82, 2.24) is 4.98 Å². The van der Waals surface area contributed by atoms with E-state index in [4.69, 9.17) is 9.47 Å². The summed E-state index contributed by atoms with van der Waals surface area (Å²) >= 11 is 4.70. The van der Waals surface area contributed by atoms with Gasteiger partial charge in [-0.1, -0.05) is 30.3 Å². The van der Waals surface area contributed by atoms with Crippen LogP contribution in [-0.2, 0) is 21.4 Å². The van der Waals surface area contributed by atoms with Gasteiger partial charge in [-0.05, 0) is 69.5 Å². The number of amides is 1. The average Bonchev–Trinajstić information content (AvgIpc) is 3.40. The third-order valence-electron chi connectivity index (χ3n) is 4.99. The number of thiazole rings is 1. The number of halogens is 1. The molecule has 3 aromatic carbocycles. The standard InChI is InChI=1S/C26H22BrN3O5S2/c1-34-23-16-19(15-22(27)25(23)35-17-18-5-3-2-4-6-18)7-12-24(31)29-20-8-10-21(11-9-20)37(32,33)30-26-28-13-14-36-26/h2-16H,17H2,1H3,(H,28,30)(H,29,31)/b12-7+. The number of carbonyl (C=O) groups excluding carboxylic acids is 1. The van der Waals surface area contributed by atoms with Crippen molar-refractivity contribution in [2.24, 2.45) is 0 Å². The van der Waals surface area contributed by atoms with E-state index in [2.05, 4.69) is 31.0 Å². The van der Waals surface area contributed by atoms with Crippen molar-refractivity contribution < 1.29 is 22.7 Å². The Bertz CT molecular complexity index is 1490. The first-order valence-corrected chi connectivity index (χ1v) is 14.1. The maximum Gasteiger partial charge on any atom is 0.263 e. The molecule has 190 valence electrons. The maximum absolute atomic E-state index is 12.4. The van der Waals surface area contributed by atoms with Gasteiger partial charge in [-0.15, -0.1) is 11.3 Å². The van der Waals surface area contributed by atoms with E-state index >= 15 is 0 Å². The molecule has 11 heteroatoms. The van der Waals surface area contributed by atoms with Crippen LogP contribution in [0.1, 0.15) is 11.1 Å². The summed E-state index contributed by atoms with van der Waals surface area (Å²) in [6.45, 7) is 0.383. The highest BCUT2D eigenvalue weighted by atomic mass is 79.9. The minimum absolute atomic E-state index is 0.0581. The van der Waals surface area contributed by atoms with Gasteiger partial charge in [-0.25, -0.2) is 13.4 Å². The molecule has 0 radical (unpaired) electrons. The normalized spacial score (nSPS) is 11.3. The molecule has 0 spiro atoms. The van der Waals surface area contributed by atoms with Crippen molar-refractivity contribution in [3.63, 3.8) is 0 Å². The number of hydrogen-bond acceptors (Lipinski definition) is 7. The highest BCUT2D eigenvalue weighted by Gasteiger charge is 2.15. The number of anilines is 2. The molecule has 8 nitrogen and oxygen atoms in total. The quantitative estimate of drug-likeness (QED) is 0.218. The van der Waals surface area contributed by atoms with Crippen molar-refractivity contribution in [2.45, 2.75) is 11.5 Å². The van der Waals surface area contributed by atoms with E-state index in [0.717, 1.165) is 11.1 Å². The zero-order chi connectivity index (χ0) is 26.3. The van der Waals surface area contributed by atoms with Gasteiger partial charge in [0.05, 0.1) is 16.5 Å². The van der Waals surface area contributed by atoms with Gasteiger partial charge in [0, 0.05) is 23.3 Å². The zero-order valence-corrected chi connectivity index (χ0v) is 22.8. The maximum atomic E-state index is 12.4. The number of benzene rings is 3. The van der Waals surface area contributed by atoms with Crippen LogP contribution in [0.5, 0.6) is 11.5 Å². The van der Waals surface area contributed by atoms with Crippen LogP contribution in [0.15, 0.2) is 93.8 Å². The molecular weight excluding hydrogens is 578 g/mol. The molecule has 37 heavy (non-hydrogen) atoms. The number of nitrogens with zero attached hydrogens (tertiary/aromatic N) is 1. The summed E-state index contributed by atoms with van der Waals surface area (Å²) in [7, 11) is -2.22. The minimum Gasteiger partial charge on any atom is -0.493 e. The van der Waals surface area contributed by atoms with Crippen LogP contribution < -0.4 is 19.5 Å². The number of hydrogen-bond donors (Lipinski definition) is 2. The Labute approximate surface area is 227 Å². The third kappa shape index (κ3) is 7.19. The monoisotopic (exact) mass is 599 g/mol. The Balaban J connectivity index is 1.39. The average molecular weight is 601 g/mol. The van der Waals surface area contributed by atoms with E-state index < -0.39 is 10.0 Å². The Morgan fingerprint density at radius 2 is 1.86 bits per heavy atom. The molecule has 0 unspecified atom stereocenters. The van der Waals surface area contributed by atoms with Crippen LogP contribution in [0.25, 0.3) is 6.08 Å². The summed E-state index contributed by atoms with van der Waals surface area (Å²) in [6.07, 6.45) is 4.53. The lowest BCUT2D eigenvalue weighted by atomic mass is 10.2. The molecule has 0 aliphatic heterocycles. The van der Waals surface area contributed by atoms with Gasteiger partial charge in [-0.3, -0.25) is 9.52 Å². The molecule has 2 N–H and O–H groups in total. The highest BCUT2D eigenvalue weighted by molar-refractivity contribution is 9.10. The number of nitrogens with one attached hydrogen (secondary N) is 2. The SMILES string of the molecule is COc1cc(/C=C/C(=O)Nc2ccc(S(=O)(=O)Nc3nccs3)cc2)cc(Br)c1OCc1ccccc1. The first kappa shape index (κ1) is 26.4. The van der Waals surface area contributed by atoms with E-state index in [1.807, 2.05) is 36.4 Å². The number of carbonyl (C=O) groups is 1. The van der Waals surface area contributed by atoms with Gasteiger partial charge < -0.3 is 14.8 Å². The highest BCUT2D eigenvalue weighted by Crippen LogP contribution is 2.37. The molecule has 0 atom stereocenters. The van der Waals surface area contributed by atoms with Gasteiger partial charge in [0.1, 0.15) is 6.61 Å². The fraction of sp³-hybridized carbons (Fsp3) is 0.0769. The van der Waals surface area contributed by atoms with E-state index in [0.29, 0.717) is 28.3 Å². The van der Waals surface area contributed by atoms with Crippen LogP contribution in [0, 0.1) is 0 Å². The van der Waals surface area contributed by atoms with E-state index in [9.17, 15) is 13.2 Å². The number of methoxy groups -OCH3 is 1. The van der Waals surface area contributed by atoms with Gasteiger partial charge in [0.2, 0.25) is 5.91 Å². The predicted octanol–water partition coefficient (Wildman–Crippen LogP) is 5.95. The lowest BCUT2D eigenvalue weighted by molar-refractivity contribution is -0.111. The number of aromatic nitrogens is 1. The second-order valence-electron chi connectivity index (χ2n) is 7.60. The van der Waals surface area contributed by atoms with Crippen molar-refractivity contribution in [2.75, 3.05) is 17.1 Å². The lowest BCUT2D eigenvalue weighted by Gasteiger charge is -2.13. The summed E-state index contributed by atoms with van der Waals surface area (Å²) in [6, 6.07) is 19.2. The van der Waals surface area contributed by atoms with Crippen LogP contribution in [0.4, 0.5) is 10.8 Å². The first-order valence-electron chi connectivity index (χ1n) is 10.9. The molecule has 4 rings (SSSR count). The summed E-state index contributed by atoms with van der Waals surface area (Å²) in [5, 5.41) is 4.66. The smallest absolute Gasteiger partial charge is 0.263 e. The van der Waals surface area contributed by atoms with Crippen LogP contribution in [0.3, 0.4) is 0 Å². The molecule has 1 amide bonds. The van der Waals surface area contributed by atoms with E-state index in [1.165, 1.54) is 47.9 Å². The molecule has 1 heterocycles. The van der Waals surface area contributed by atoms with E-state index in [-0.39, 0.29) is 15.9 Å². The summed E-state index contributed by atoms with van der Waals surface area (Å²) in [5.74, 6) is 0.705. The summed E-state index contributed by atoms with van der Waals surface area (Å²) in [5.41, 5.74) is 2.20. The molecule has 1 aromatic heterocycles. The van der Waals surface area contributed by atoms with Gasteiger partial charge >= 0.3 is 0 Å². The summed E-state index contributed by atoms with van der Waals surface area (Å²) < 4.78 is 39.4. The van der Waals surface area contributed by atoms with Gasteiger partial charge in [-0.2, -0.15) is 0 Å². The molecular formula is C26H22BrN3O5S2. The molecule has 0 fully saturated rings. The fourth-order valence-electron chi connectivity index (χ4n) is 3.23.